The summed E-state index contributed by atoms with van der Waals surface area (Å²) < 4.78 is 6.30. The molecule has 0 aliphatic heterocycles. The third kappa shape index (κ3) is 3.68. The van der Waals surface area contributed by atoms with Crippen LogP contribution in [0.15, 0.2) is 16.2 Å². The number of hydrogen-bond donors (Lipinski definition) is 0. The molecule has 0 aliphatic carbocycles. The summed E-state index contributed by atoms with van der Waals surface area (Å²) in [5, 5.41) is 1.68. The number of thiophene rings is 1. The number of thiazole rings is 1. The summed E-state index contributed by atoms with van der Waals surface area (Å²) in [6, 6.07) is 1.80. The van der Waals surface area contributed by atoms with Crippen LogP contribution in [-0.4, -0.2) is 22.9 Å². The molecule has 0 spiro atoms. The van der Waals surface area contributed by atoms with Gasteiger partial charge in [-0.2, -0.15) is 0 Å². The van der Waals surface area contributed by atoms with Gasteiger partial charge >= 0.3 is 10.8 Å². The van der Waals surface area contributed by atoms with Gasteiger partial charge in [-0.05, 0) is 26.8 Å². The average Bonchev–Trinajstić information content (AvgIpc) is 2.92. The first-order valence-corrected chi connectivity index (χ1v) is 7.99. The number of carbonyl (C=O) groups excluding carboxylic acids is 2. The van der Waals surface area contributed by atoms with E-state index in [1.54, 1.807) is 18.4 Å². The molecule has 2 aromatic rings. The fourth-order valence-electron chi connectivity index (χ4n) is 1.90. The van der Waals surface area contributed by atoms with E-state index in [4.69, 9.17) is 4.74 Å². The Morgan fingerprint density at radius 1 is 1.29 bits per heavy atom. The van der Waals surface area contributed by atoms with Crippen LogP contribution in [-0.2, 0) is 16.1 Å². The minimum absolute atomic E-state index is 0.164. The highest BCUT2D eigenvalue weighted by Gasteiger charge is 2.15. The molecule has 0 N–H and O–H groups in total. The Balaban J connectivity index is 1.94. The number of hydrogen-bond acceptors (Lipinski definition) is 6. The van der Waals surface area contributed by atoms with Crippen molar-refractivity contribution in [2.75, 3.05) is 6.61 Å². The fraction of sp³-hybridized carbons (Fsp3) is 0.357. The summed E-state index contributed by atoms with van der Waals surface area (Å²) >= 11 is 2.57. The lowest BCUT2D eigenvalue weighted by Crippen LogP contribution is -2.24. The van der Waals surface area contributed by atoms with E-state index in [0.717, 1.165) is 21.1 Å². The summed E-state index contributed by atoms with van der Waals surface area (Å²) in [7, 11) is 0. The molecular weight excluding hydrogens is 310 g/mol. The van der Waals surface area contributed by atoms with E-state index >= 15 is 0 Å². The largest absolute Gasteiger partial charge is 0.456 e. The first-order valence-electron chi connectivity index (χ1n) is 6.29. The quantitative estimate of drug-likeness (QED) is 0.625. The lowest BCUT2D eigenvalue weighted by atomic mass is 10.2. The van der Waals surface area contributed by atoms with E-state index in [-0.39, 0.29) is 23.8 Å². The Morgan fingerprint density at radius 3 is 2.52 bits per heavy atom. The maximum Gasteiger partial charge on any atom is 0.326 e. The van der Waals surface area contributed by atoms with Gasteiger partial charge in [0.15, 0.2) is 6.61 Å². The lowest BCUT2D eigenvalue weighted by molar-refractivity contribution is -0.143. The van der Waals surface area contributed by atoms with Crippen LogP contribution in [0.2, 0.25) is 0 Å². The van der Waals surface area contributed by atoms with Gasteiger partial charge in [-0.1, -0.05) is 11.3 Å². The number of carbonyl (C=O) groups is 2. The second kappa shape index (κ2) is 6.36. The molecule has 0 aliphatic rings. The summed E-state index contributed by atoms with van der Waals surface area (Å²) in [6.45, 7) is 5.07. The smallest absolute Gasteiger partial charge is 0.326 e. The number of ether oxygens (including phenoxy) is 1. The number of nitrogens with zero attached hydrogens (tertiary/aromatic N) is 1. The monoisotopic (exact) mass is 325 g/mol. The first-order chi connectivity index (χ1) is 9.88. The van der Waals surface area contributed by atoms with Gasteiger partial charge < -0.3 is 4.74 Å². The van der Waals surface area contributed by atoms with E-state index in [2.05, 4.69) is 0 Å². The van der Waals surface area contributed by atoms with Gasteiger partial charge in [0.2, 0.25) is 5.78 Å². The van der Waals surface area contributed by atoms with E-state index in [0.29, 0.717) is 11.3 Å². The molecule has 0 bridgehead atoms. The molecule has 0 atom stereocenters. The van der Waals surface area contributed by atoms with Gasteiger partial charge in [0.25, 0.3) is 0 Å². The zero-order chi connectivity index (χ0) is 15.6. The van der Waals surface area contributed by atoms with Crippen LogP contribution in [0.5, 0.6) is 0 Å². The molecule has 112 valence electrons. The highest BCUT2D eigenvalue weighted by molar-refractivity contribution is 7.12. The van der Waals surface area contributed by atoms with Crippen molar-refractivity contribution in [3.63, 3.8) is 0 Å². The van der Waals surface area contributed by atoms with Crippen LogP contribution in [0.4, 0.5) is 0 Å². The minimum Gasteiger partial charge on any atom is -0.456 e. The Hall–Kier alpha value is -1.73. The number of aromatic nitrogens is 1. The van der Waals surface area contributed by atoms with Gasteiger partial charge in [-0.15, -0.1) is 11.3 Å². The van der Waals surface area contributed by atoms with Crippen molar-refractivity contribution in [2.45, 2.75) is 27.3 Å². The number of esters is 1. The first kappa shape index (κ1) is 15.7. The van der Waals surface area contributed by atoms with Crippen molar-refractivity contribution in [2.24, 2.45) is 0 Å². The number of ketones is 1. The third-order valence-electron chi connectivity index (χ3n) is 2.97. The molecule has 0 fully saturated rings. The Bertz CT molecular complexity index is 738. The topological polar surface area (TPSA) is 65.4 Å². The molecular formula is C14H15NO4S2. The standard InChI is InChI=1S/C14H15NO4S2/c1-8-7-20-14(18)15(8)5-13(17)19-6-12(16)11-4-9(2)21-10(11)3/h4,7H,5-6H2,1-3H3. The zero-order valence-corrected chi connectivity index (χ0v) is 13.6. The zero-order valence-electron chi connectivity index (χ0n) is 12.0. The van der Waals surface area contributed by atoms with E-state index in [9.17, 15) is 14.4 Å². The molecule has 0 radical (unpaired) electrons. The van der Waals surface area contributed by atoms with Gasteiger partial charge in [-0.3, -0.25) is 19.0 Å². The van der Waals surface area contributed by atoms with Gasteiger partial charge in [0.05, 0.1) is 0 Å². The number of Topliss-reactive ketones (excluding diaryl/α,β-unsaturated/α-hetero) is 1. The molecule has 0 aromatic carbocycles. The molecule has 21 heavy (non-hydrogen) atoms. The Kier molecular flexibility index (Phi) is 4.74. The van der Waals surface area contributed by atoms with Crippen molar-refractivity contribution >= 4 is 34.4 Å². The summed E-state index contributed by atoms with van der Waals surface area (Å²) in [5.41, 5.74) is 1.30. The predicted molar refractivity (Wildman–Crippen MR) is 82.4 cm³/mol. The molecule has 2 rings (SSSR count). The van der Waals surface area contributed by atoms with Crippen LogP contribution < -0.4 is 4.87 Å². The Labute approximate surface area is 129 Å². The van der Waals surface area contributed by atoms with Crippen LogP contribution in [0, 0.1) is 20.8 Å². The highest BCUT2D eigenvalue weighted by atomic mass is 32.1. The minimum atomic E-state index is -0.587. The van der Waals surface area contributed by atoms with Crippen molar-refractivity contribution < 1.29 is 14.3 Å². The molecule has 2 aromatic heterocycles. The van der Waals surface area contributed by atoms with Crippen LogP contribution in [0.25, 0.3) is 0 Å². The van der Waals surface area contributed by atoms with E-state index < -0.39 is 5.97 Å². The molecule has 5 nitrogen and oxygen atoms in total. The van der Waals surface area contributed by atoms with Crippen molar-refractivity contribution in [1.82, 2.24) is 4.57 Å². The number of aryl methyl sites for hydroxylation is 3. The van der Waals surface area contributed by atoms with Gasteiger partial charge in [0.1, 0.15) is 6.54 Å². The van der Waals surface area contributed by atoms with E-state index in [1.165, 1.54) is 15.9 Å². The van der Waals surface area contributed by atoms with Crippen LogP contribution in [0.3, 0.4) is 0 Å². The highest BCUT2D eigenvalue weighted by Crippen LogP contribution is 2.20. The van der Waals surface area contributed by atoms with Crippen LogP contribution in [0.1, 0.15) is 25.8 Å². The Morgan fingerprint density at radius 2 is 2.00 bits per heavy atom. The molecule has 0 saturated carbocycles. The van der Waals surface area contributed by atoms with E-state index in [1.807, 2.05) is 13.8 Å². The summed E-state index contributed by atoms with van der Waals surface area (Å²) in [5.74, 6) is -0.809. The molecule has 0 saturated heterocycles. The summed E-state index contributed by atoms with van der Waals surface area (Å²) in [4.78, 5) is 36.9. The maximum atomic E-state index is 12.0. The van der Waals surface area contributed by atoms with Crippen molar-refractivity contribution in [3.8, 4) is 0 Å². The molecule has 0 unspecified atom stereocenters. The molecule has 0 amide bonds. The lowest BCUT2D eigenvalue weighted by Gasteiger charge is -2.05. The SMILES string of the molecule is Cc1cc(C(=O)COC(=O)Cn2c(C)csc2=O)c(C)s1. The van der Waals surface area contributed by atoms with Gasteiger partial charge in [0, 0.05) is 26.4 Å². The average molecular weight is 325 g/mol. The summed E-state index contributed by atoms with van der Waals surface area (Å²) in [6.07, 6.45) is 0. The number of rotatable bonds is 5. The second-order valence-electron chi connectivity index (χ2n) is 4.64. The molecule has 7 heteroatoms. The fourth-order valence-corrected chi connectivity index (χ4v) is 3.58. The maximum absolute atomic E-state index is 12.0. The van der Waals surface area contributed by atoms with Crippen molar-refractivity contribution in [3.05, 3.63) is 42.1 Å². The predicted octanol–water partition coefficient (Wildman–Crippen LogP) is 2.32. The molecule has 2 heterocycles. The normalized spacial score (nSPS) is 10.6. The van der Waals surface area contributed by atoms with Crippen molar-refractivity contribution in [1.29, 1.82) is 0 Å². The van der Waals surface area contributed by atoms with Crippen LogP contribution >= 0.6 is 22.7 Å². The second-order valence-corrected chi connectivity index (χ2v) is 6.92. The van der Waals surface area contributed by atoms with Gasteiger partial charge in [-0.25, -0.2) is 0 Å². The third-order valence-corrected chi connectivity index (χ3v) is 4.82.